The predicted octanol–water partition coefficient (Wildman–Crippen LogP) is 1.66. The molecule has 0 heterocycles. The molecule has 0 saturated heterocycles. The van der Waals surface area contributed by atoms with E-state index >= 15 is 0 Å². The molecule has 0 bridgehead atoms. The van der Waals surface area contributed by atoms with Gasteiger partial charge < -0.3 is 10.5 Å². The largest absolute Gasteiger partial charge is 0.388 e. The van der Waals surface area contributed by atoms with Crippen LogP contribution in [0.3, 0.4) is 0 Å². The highest BCUT2D eigenvalue weighted by molar-refractivity contribution is 5.43. The van der Waals surface area contributed by atoms with Gasteiger partial charge in [-0.1, -0.05) is 12.1 Å². The zero-order valence-electron chi connectivity index (χ0n) is 8.46. The first-order chi connectivity index (χ1) is 7.20. The van der Waals surface area contributed by atoms with Gasteiger partial charge in [0.25, 0.3) is 0 Å². The molecule has 1 aromatic carbocycles. The van der Waals surface area contributed by atoms with Crippen LogP contribution in [0, 0.1) is 5.82 Å². The fraction of sp³-hybridized carbons (Fsp3) is 0.455. The van der Waals surface area contributed by atoms with Crippen molar-refractivity contribution in [2.45, 2.75) is 24.9 Å². The molecule has 0 aliphatic heterocycles. The van der Waals surface area contributed by atoms with Gasteiger partial charge in [0, 0.05) is 6.54 Å². The second-order valence-electron chi connectivity index (χ2n) is 4.04. The third-order valence-electron chi connectivity index (χ3n) is 2.80. The molecule has 0 unspecified atom stereocenters. The Labute approximate surface area is 88.3 Å². The SMILES string of the molecule is OC1(CNNc2ccccc2F)CCC1. The topological polar surface area (TPSA) is 44.3 Å². The lowest BCUT2D eigenvalue weighted by molar-refractivity contribution is -0.0298. The van der Waals surface area contributed by atoms with Crippen molar-refractivity contribution in [3.05, 3.63) is 30.1 Å². The second-order valence-corrected chi connectivity index (χ2v) is 4.04. The van der Waals surface area contributed by atoms with E-state index in [9.17, 15) is 9.50 Å². The van der Waals surface area contributed by atoms with Crippen LogP contribution >= 0.6 is 0 Å². The summed E-state index contributed by atoms with van der Waals surface area (Å²) in [4.78, 5) is 0. The molecule has 2 rings (SSSR count). The Morgan fingerprint density at radius 2 is 2.07 bits per heavy atom. The van der Waals surface area contributed by atoms with Crippen molar-refractivity contribution in [2.24, 2.45) is 0 Å². The number of nitrogens with one attached hydrogen (secondary N) is 2. The van der Waals surface area contributed by atoms with E-state index in [0.717, 1.165) is 19.3 Å². The van der Waals surface area contributed by atoms with Gasteiger partial charge in [-0.05, 0) is 31.4 Å². The lowest BCUT2D eigenvalue weighted by Crippen LogP contribution is -2.47. The molecule has 0 radical (unpaired) electrons. The Morgan fingerprint density at radius 3 is 2.67 bits per heavy atom. The van der Waals surface area contributed by atoms with Gasteiger partial charge in [0.1, 0.15) is 5.82 Å². The van der Waals surface area contributed by atoms with Crippen LogP contribution < -0.4 is 10.9 Å². The van der Waals surface area contributed by atoms with E-state index in [1.165, 1.54) is 6.07 Å². The Bertz CT molecular complexity index is 339. The lowest BCUT2D eigenvalue weighted by atomic mass is 9.80. The minimum Gasteiger partial charge on any atom is -0.388 e. The van der Waals surface area contributed by atoms with Crippen LogP contribution in [-0.2, 0) is 0 Å². The van der Waals surface area contributed by atoms with Crippen LogP contribution in [0.1, 0.15) is 19.3 Å². The molecule has 0 spiro atoms. The molecule has 1 aliphatic rings. The van der Waals surface area contributed by atoms with Crippen LogP contribution in [-0.4, -0.2) is 17.3 Å². The number of anilines is 1. The molecule has 82 valence electrons. The molecule has 1 aliphatic carbocycles. The zero-order valence-corrected chi connectivity index (χ0v) is 8.46. The molecule has 1 saturated carbocycles. The fourth-order valence-corrected chi connectivity index (χ4v) is 1.63. The number of rotatable bonds is 4. The normalized spacial score (nSPS) is 18.3. The van der Waals surface area contributed by atoms with Crippen LogP contribution in [0.15, 0.2) is 24.3 Å². The zero-order chi connectivity index (χ0) is 10.7. The maximum Gasteiger partial charge on any atom is 0.147 e. The second kappa shape index (κ2) is 4.16. The average molecular weight is 210 g/mol. The highest BCUT2D eigenvalue weighted by atomic mass is 19.1. The summed E-state index contributed by atoms with van der Waals surface area (Å²) in [6.07, 6.45) is 2.70. The number of aliphatic hydroxyl groups is 1. The number of hydrogen-bond acceptors (Lipinski definition) is 3. The van der Waals surface area contributed by atoms with Crippen LogP contribution in [0.2, 0.25) is 0 Å². The molecule has 3 nitrogen and oxygen atoms in total. The number of hydrogen-bond donors (Lipinski definition) is 3. The summed E-state index contributed by atoms with van der Waals surface area (Å²) in [6, 6.07) is 6.43. The molecule has 15 heavy (non-hydrogen) atoms. The van der Waals surface area contributed by atoms with Crippen molar-refractivity contribution in [1.82, 2.24) is 5.43 Å². The van der Waals surface area contributed by atoms with E-state index in [-0.39, 0.29) is 5.82 Å². The smallest absolute Gasteiger partial charge is 0.147 e. The van der Waals surface area contributed by atoms with Crippen molar-refractivity contribution < 1.29 is 9.50 Å². The maximum absolute atomic E-state index is 13.1. The van der Waals surface area contributed by atoms with Crippen molar-refractivity contribution in [2.75, 3.05) is 12.0 Å². The molecule has 1 fully saturated rings. The lowest BCUT2D eigenvalue weighted by Gasteiger charge is -2.36. The van der Waals surface area contributed by atoms with E-state index < -0.39 is 5.60 Å². The van der Waals surface area contributed by atoms with Crippen LogP contribution in [0.5, 0.6) is 0 Å². The Balaban J connectivity index is 1.81. The van der Waals surface area contributed by atoms with Gasteiger partial charge in [0.05, 0.1) is 11.3 Å². The Hall–Kier alpha value is -1.13. The van der Waals surface area contributed by atoms with Gasteiger partial charge in [0.15, 0.2) is 0 Å². The van der Waals surface area contributed by atoms with Gasteiger partial charge >= 0.3 is 0 Å². The van der Waals surface area contributed by atoms with Crippen molar-refractivity contribution in [1.29, 1.82) is 0 Å². The fourth-order valence-electron chi connectivity index (χ4n) is 1.63. The minimum absolute atomic E-state index is 0.300. The summed E-state index contributed by atoms with van der Waals surface area (Å²) in [5.41, 5.74) is 5.40. The van der Waals surface area contributed by atoms with Gasteiger partial charge in [-0.15, -0.1) is 0 Å². The van der Waals surface area contributed by atoms with Crippen molar-refractivity contribution in [3.8, 4) is 0 Å². The molecular weight excluding hydrogens is 195 g/mol. The van der Waals surface area contributed by atoms with Gasteiger partial charge in [-0.25, -0.2) is 9.82 Å². The summed E-state index contributed by atoms with van der Waals surface area (Å²) in [6.45, 7) is 0.446. The number of hydrazine groups is 1. The minimum atomic E-state index is -0.599. The highest BCUT2D eigenvalue weighted by Gasteiger charge is 2.33. The molecule has 0 atom stereocenters. The van der Waals surface area contributed by atoms with Crippen LogP contribution in [0.25, 0.3) is 0 Å². The van der Waals surface area contributed by atoms with Crippen molar-refractivity contribution in [3.63, 3.8) is 0 Å². The first kappa shape index (κ1) is 10.4. The summed E-state index contributed by atoms with van der Waals surface area (Å²) in [5.74, 6) is -0.300. The van der Waals surface area contributed by atoms with E-state index in [1.54, 1.807) is 18.2 Å². The molecule has 4 heteroatoms. The monoisotopic (exact) mass is 210 g/mol. The number of benzene rings is 1. The third kappa shape index (κ3) is 2.46. The average Bonchev–Trinajstić information content (AvgIpc) is 2.18. The third-order valence-corrected chi connectivity index (χ3v) is 2.80. The van der Waals surface area contributed by atoms with E-state index in [4.69, 9.17) is 0 Å². The predicted molar refractivity (Wildman–Crippen MR) is 56.8 cm³/mol. The summed E-state index contributed by atoms with van der Waals surface area (Å²) >= 11 is 0. The van der Waals surface area contributed by atoms with Gasteiger partial charge in [-0.3, -0.25) is 0 Å². The molecule has 0 amide bonds. The Morgan fingerprint density at radius 1 is 1.33 bits per heavy atom. The first-order valence-corrected chi connectivity index (χ1v) is 5.15. The standard InChI is InChI=1S/C11H15FN2O/c12-9-4-1-2-5-10(9)14-13-8-11(15)6-3-7-11/h1-2,4-5,13-15H,3,6-8H2. The Kier molecular flexibility index (Phi) is 2.88. The van der Waals surface area contributed by atoms with E-state index in [1.807, 2.05) is 0 Å². The van der Waals surface area contributed by atoms with Gasteiger partial charge in [0.2, 0.25) is 0 Å². The maximum atomic E-state index is 13.1. The molecule has 3 N–H and O–H groups in total. The summed E-state index contributed by atoms with van der Waals surface area (Å²) < 4.78 is 13.1. The highest BCUT2D eigenvalue weighted by Crippen LogP contribution is 2.30. The van der Waals surface area contributed by atoms with Gasteiger partial charge in [-0.2, -0.15) is 0 Å². The number of halogens is 1. The van der Waals surface area contributed by atoms with Crippen molar-refractivity contribution >= 4 is 5.69 Å². The molecular formula is C11H15FN2O. The first-order valence-electron chi connectivity index (χ1n) is 5.15. The number of para-hydroxylation sites is 1. The summed E-state index contributed by atoms with van der Waals surface area (Å²) in [7, 11) is 0. The summed E-state index contributed by atoms with van der Waals surface area (Å²) in [5, 5.41) is 9.76. The van der Waals surface area contributed by atoms with Crippen LogP contribution in [0.4, 0.5) is 10.1 Å². The van der Waals surface area contributed by atoms with E-state index in [2.05, 4.69) is 10.9 Å². The molecule has 1 aromatic rings. The quantitative estimate of drug-likeness (QED) is 0.662. The molecule has 0 aromatic heterocycles. The van der Waals surface area contributed by atoms with E-state index in [0.29, 0.717) is 12.2 Å².